The molecule has 1 unspecified atom stereocenters. The van der Waals surface area contributed by atoms with E-state index in [0.717, 1.165) is 0 Å². The average Bonchev–Trinajstić information content (AvgIpc) is 2.17. The van der Waals surface area contributed by atoms with Gasteiger partial charge in [0.05, 0.1) is 11.1 Å². The van der Waals surface area contributed by atoms with Crippen LogP contribution in [0.25, 0.3) is 0 Å². The quantitative estimate of drug-likeness (QED) is 0.871. The number of alkyl halides is 3. The molecule has 0 amide bonds. The zero-order valence-corrected chi connectivity index (χ0v) is 10.4. The molecule has 0 aromatic heterocycles. The molecule has 1 N–H and O–H groups in total. The van der Waals surface area contributed by atoms with Crippen molar-refractivity contribution >= 4 is 27.5 Å². The average molecular weight is 318 g/mol. The number of hydrogen-bond acceptors (Lipinski definition) is 1. The monoisotopic (exact) mass is 316 g/mol. The maximum absolute atomic E-state index is 12.0. The Labute approximate surface area is 104 Å². The summed E-state index contributed by atoms with van der Waals surface area (Å²) in [5.74, 6) is 0. The van der Waals surface area contributed by atoms with Crippen LogP contribution in [0.2, 0.25) is 5.02 Å². The molecule has 0 aliphatic rings. The molecule has 1 rings (SSSR count). The second-order valence-corrected chi connectivity index (χ2v) is 4.54. The highest BCUT2D eigenvalue weighted by Crippen LogP contribution is 2.34. The van der Waals surface area contributed by atoms with Gasteiger partial charge in [0, 0.05) is 16.5 Å². The Balaban J connectivity index is 2.73. The van der Waals surface area contributed by atoms with E-state index in [1.165, 1.54) is 6.07 Å². The maximum Gasteiger partial charge on any atom is 0.389 e. The van der Waals surface area contributed by atoms with Crippen molar-refractivity contribution < 1.29 is 18.3 Å². The van der Waals surface area contributed by atoms with Gasteiger partial charge >= 0.3 is 6.18 Å². The van der Waals surface area contributed by atoms with Crippen LogP contribution in [0, 0.1) is 0 Å². The smallest absolute Gasteiger partial charge is 0.388 e. The molecule has 0 bridgehead atoms. The molecular weight excluding hydrogens is 308 g/mol. The lowest BCUT2D eigenvalue weighted by atomic mass is 10.0. The molecule has 0 spiro atoms. The molecule has 90 valence electrons. The van der Waals surface area contributed by atoms with Crippen LogP contribution in [0.15, 0.2) is 22.7 Å². The van der Waals surface area contributed by atoms with Gasteiger partial charge < -0.3 is 5.11 Å². The van der Waals surface area contributed by atoms with Crippen LogP contribution < -0.4 is 0 Å². The normalized spacial score (nSPS) is 13.9. The third-order valence-electron chi connectivity index (χ3n) is 2.04. The van der Waals surface area contributed by atoms with Crippen molar-refractivity contribution in [1.82, 2.24) is 0 Å². The first-order chi connectivity index (χ1) is 7.31. The van der Waals surface area contributed by atoms with E-state index in [4.69, 9.17) is 11.6 Å². The van der Waals surface area contributed by atoms with Gasteiger partial charge in [-0.15, -0.1) is 0 Å². The SMILES string of the molecule is OC(CCC(F)(F)F)c1cccc(Br)c1Cl. The predicted molar refractivity (Wildman–Crippen MR) is 59.4 cm³/mol. The lowest BCUT2D eigenvalue weighted by Crippen LogP contribution is -2.10. The second kappa shape index (κ2) is 5.38. The molecule has 0 aliphatic carbocycles. The number of rotatable bonds is 3. The fraction of sp³-hybridized carbons (Fsp3) is 0.400. The van der Waals surface area contributed by atoms with Gasteiger partial charge in [-0.2, -0.15) is 13.2 Å². The number of aliphatic hydroxyl groups excluding tert-OH is 1. The van der Waals surface area contributed by atoms with Crippen molar-refractivity contribution in [2.45, 2.75) is 25.1 Å². The van der Waals surface area contributed by atoms with Gasteiger partial charge in [0.1, 0.15) is 0 Å². The summed E-state index contributed by atoms with van der Waals surface area (Å²) in [7, 11) is 0. The van der Waals surface area contributed by atoms with E-state index < -0.39 is 18.7 Å². The van der Waals surface area contributed by atoms with E-state index >= 15 is 0 Å². The molecule has 1 aromatic rings. The molecule has 0 radical (unpaired) electrons. The van der Waals surface area contributed by atoms with E-state index in [2.05, 4.69) is 15.9 Å². The van der Waals surface area contributed by atoms with Crippen molar-refractivity contribution in [2.24, 2.45) is 0 Å². The van der Waals surface area contributed by atoms with Gasteiger partial charge in [-0.3, -0.25) is 0 Å². The van der Waals surface area contributed by atoms with Gasteiger partial charge in [-0.1, -0.05) is 23.7 Å². The fourth-order valence-corrected chi connectivity index (χ4v) is 1.87. The molecular formula is C10H9BrClF3O. The second-order valence-electron chi connectivity index (χ2n) is 3.31. The van der Waals surface area contributed by atoms with Gasteiger partial charge in [-0.05, 0) is 28.4 Å². The number of benzene rings is 1. The van der Waals surface area contributed by atoms with Crippen LogP contribution >= 0.6 is 27.5 Å². The lowest BCUT2D eigenvalue weighted by Gasteiger charge is -2.14. The van der Waals surface area contributed by atoms with Crippen LogP contribution in [-0.2, 0) is 0 Å². The molecule has 1 atom stereocenters. The highest BCUT2D eigenvalue weighted by atomic mass is 79.9. The summed E-state index contributed by atoms with van der Waals surface area (Å²) in [6.45, 7) is 0. The molecule has 0 saturated carbocycles. The maximum atomic E-state index is 12.0. The molecule has 6 heteroatoms. The van der Waals surface area contributed by atoms with E-state index in [0.29, 0.717) is 10.0 Å². The van der Waals surface area contributed by atoms with Crippen LogP contribution in [0.4, 0.5) is 13.2 Å². The summed E-state index contributed by atoms with van der Waals surface area (Å²) in [5.41, 5.74) is 0.306. The Bertz CT molecular complexity index is 368. The van der Waals surface area contributed by atoms with Crippen molar-refractivity contribution in [3.05, 3.63) is 33.3 Å². The van der Waals surface area contributed by atoms with Crippen LogP contribution in [0.1, 0.15) is 24.5 Å². The summed E-state index contributed by atoms with van der Waals surface area (Å²) in [5, 5.41) is 9.83. The minimum absolute atomic E-state index is 0.247. The topological polar surface area (TPSA) is 20.2 Å². The summed E-state index contributed by atoms with van der Waals surface area (Å²) in [4.78, 5) is 0. The summed E-state index contributed by atoms with van der Waals surface area (Å²) < 4.78 is 36.4. The number of hydrogen-bond donors (Lipinski definition) is 1. The number of halogens is 5. The Morgan fingerprint density at radius 3 is 2.56 bits per heavy atom. The van der Waals surface area contributed by atoms with Gasteiger partial charge in [0.25, 0.3) is 0 Å². The molecule has 16 heavy (non-hydrogen) atoms. The van der Waals surface area contributed by atoms with Crippen LogP contribution in [-0.4, -0.2) is 11.3 Å². The third-order valence-corrected chi connectivity index (χ3v) is 3.35. The van der Waals surface area contributed by atoms with E-state index in [1.807, 2.05) is 0 Å². The van der Waals surface area contributed by atoms with Crippen molar-refractivity contribution in [2.75, 3.05) is 0 Å². The molecule has 1 nitrogen and oxygen atoms in total. The highest BCUT2D eigenvalue weighted by Gasteiger charge is 2.28. The molecule has 0 saturated heterocycles. The highest BCUT2D eigenvalue weighted by molar-refractivity contribution is 9.10. The van der Waals surface area contributed by atoms with Crippen LogP contribution in [0.3, 0.4) is 0 Å². The van der Waals surface area contributed by atoms with Gasteiger partial charge in [-0.25, -0.2) is 0 Å². The minimum atomic E-state index is -4.26. The minimum Gasteiger partial charge on any atom is -0.388 e. The van der Waals surface area contributed by atoms with Gasteiger partial charge in [0.15, 0.2) is 0 Å². The zero-order valence-electron chi connectivity index (χ0n) is 8.06. The van der Waals surface area contributed by atoms with Crippen LogP contribution in [0.5, 0.6) is 0 Å². The Hall–Kier alpha value is -0.260. The molecule has 0 heterocycles. The fourth-order valence-electron chi connectivity index (χ4n) is 1.23. The molecule has 0 fully saturated rings. The predicted octanol–water partition coefficient (Wildman–Crippen LogP) is 4.48. The lowest BCUT2D eigenvalue weighted by molar-refractivity contribution is -0.140. The number of aliphatic hydroxyl groups is 1. The first kappa shape index (κ1) is 13.8. The summed E-state index contributed by atoms with van der Waals surface area (Å²) in [6, 6.07) is 4.78. The Morgan fingerprint density at radius 1 is 1.38 bits per heavy atom. The van der Waals surface area contributed by atoms with E-state index in [9.17, 15) is 18.3 Å². The Kier molecular flexibility index (Phi) is 4.64. The van der Waals surface area contributed by atoms with Crippen molar-refractivity contribution in [3.63, 3.8) is 0 Å². The van der Waals surface area contributed by atoms with E-state index in [1.54, 1.807) is 12.1 Å². The first-order valence-corrected chi connectivity index (χ1v) is 5.67. The molecule has 0 aliphatic heterocycles. The largest absolute Gasteiger partial charge is 0.389 e. The Morgan fingerprint density at radius 2 is 2.00 bits per heavy atom. The van der Waals surface area contributed by atoms with Crippen molar-refractivity contribution in [1.29, 1.82) is 0 Å². The van der Waals surface area contributed by atoms with Crippen molar-refractivity contribution in [3.8, 4) is 0 Å². The van der Waals surface area contributed by atoms with E-state index in [-0.39, 0.29) is 11.4 Å². The third kappa shape index (κ3) is 3.96. The first-order valence-electron chi connectivity index (χ1n) is 4.50. The van der Waals surface area contributed by atoms with Gasteiger partial charge in [0.2, 0.25) is 0 Å². The standard InChI is InChI=1S/C10H9BrClF3O/c11-7-3-1-2-6(9(7)12)8(16)4-5-10(13,14)15/h1-3,8,16H,4-5H2. The zero-order chi connectivity index (χ0) is 12.3. The summed E-state index contributed by atoms with van der Waals surface area (Å²) in [6.07, 6.45) is -6.89. The molecule has 1 aromatic carbocycles. The summed E-state index contributed by atoms with van der Waals surface area (Å²) >= 11 is 8.99.